The molecule has 0 unspecified atom stereocenters. The van der Waals surface area contributed by atoms with Crippen LogP contribution in [0.4, 0.5) is 5.69 Å². The summed E-state index contributed by atoms with van der Waals surface area (Å²) in [6, 6.07) is 19.2. The van der Waals surface area contributed by atoms with Crippen molar-refractivity contribution in [2.75, 3.05) is 5.32 Å². The number of anilines is 1. The van der Waals surface area contributed by atoms with Gasteiger partial charge in [0.2, 0.25) is 0 Å². The molecular formula is C25H20ClN5O. The van der Waals surface area contributed by atoms with E-state index in [1.807, 2.05) is 55.6 Å². The number of nitrogens with one attached hydrogen (secondary N) is 2. The molecule has 0 aliphatic rings. The number of nitrogens with zero attached hydrogens (tertiary/aromatic N) is 3. The first-order valence-corrected chi connectivity index (χ1v) is 10.6. The Morgan fingerprint density at radius 3 is 2.69 bits per heavy atom. The minimum atomic E-state index is -0.151. The molecule has 5 aromatic rings. The van der Waals surface area contributed by atoms with E-state index in [0.29, 0.717) is 22.6 Å². The number of fused-ring (bicyclic) bond motifs is 1. The smallest absolute Gasteiger partial charge is 0.280 e. The summed E-state index contributed by atoms with van der Waals surface area (Å²) in [6.07, 6.45) is 5.23. The highest BCUT2D eigenvalue weighted by Crippen LogP contribution is 2.30. The van der Waals surface area contributed by atoms with Gasteiger partial charge in [-0.3, -0.25) is 19.9 Å². The third-order valence-corrected chi connectivity index (χ3v) is 5.63. The van der Waals surface area contributed by atoms with Crippen LogP contribution in [0.15, 0.2) is 84.0 Å². The fourth-order valence-corrected chi connectivity index (χ4v) is 3.91. The van der Waals surface area contributed by atoms with Crippen molar-refractivity contribution in [3.63, 3.8) is 0 Å². The Bertz CT molecular complexity index is 1460. The molecule has 5 rings (SSSR count). The zero-order valence-electron chi connectivity index (χ0n) is 17.3. The Hall–Kier alpha value is -3.90. The van der Waals surface area contributed by atoms with Gasteiger partial charge in [-0.2, -0.15) is 0 Å². The highest BCUT2D eigenvalue weighted by molar-refractivity contribution is 6.30. The first-order chi connectivity index (χ1) is 15.6. The number of hydrogen-bond donors (Lipinski definition) is 2. The van der Waals surface area contributed by atoms with Crippen LogP contribution in [0.2, 0.25) is 5.02 Å². The first kappa shape index (κ1) is 20.0. The van der Waals surface area contributed by atoms with Gasteiger partial charge in [-0.15, -0.1) is 0 Å². The van der Waals surface area contributed by atoms with Crippen LogP contribution in [-0.4, -0.2) is 19.7 Å². The molecule has 0 radical (unpaired) electrons. The van der Waals surface area contributed by atoms with Gasteiger partial charge in [0.15, 0.2) is 0 Å². The van der Waals surface area contributed by atoms with Gasteiger partial charge in [0.05, 0.1) is 16.6 Å². The molecule has 0 bridgehead atoms. The lowest BCUT2D eigenvalue weighted by molar-refractivity contribution is 0.864. The average Bonchev–Trinajstić information content (AvgIpc) is 3.15. The summed E-state index contributed by atoms with van der Waals surface area (Å²) in [7, 11) is 0. The lowest BCUT2D eigenvalue weighted by atomic mass is 10.0. The second-order valence-electron chi connectivity index (χ2n) is 7.53. The third kappa shape index (κ3) is 3.76. The van der Waals surface area contributed by atoms with E-state index in [1.54, 1.807) is 24.5 Å². The topological polar surface area (TPSA) is 75.6 Å². The van der Waals surface area contributed by atoms with Gasteiger partial charge in [0.25, 0.3) is 5.56 Å². The van der Waals surface area contributed by atoms with Crippen molar-refractivity contribution in [1.29, 1.82) is 0 Å². The van der Waals surface area contributed by atoms with Crippen molar-refractivity contribution in [1.82, 2.24) is 19.7 Å². The van der Waals surface area contributed by atoms with Crippen molar-refractivity contribution >= 4 is 28.2 Å². The number of halogens is 1. The number of H-pyrrole nitrogens is 1. The number of pyridine rings is 2. The molecule has 0 aliphatic carbocycles. The summed E-state index contributed by atoms with van der Waals surface area (Å²) in [6.45, 7) is 2.62. The van der Waals surface area contributed by atoms with Crippen LogP contribution in [0.1, 0.15) is 11.3 Å². The van der Waals surface area contributed by atoms with Crippen molar-refractivity contribution in [2.24, 2.45) is 0 Å². The maximum absolute atomic E-state index is 13.1. The van der Waals surface area contributed by atoms with Crippen molar-refractivity contribution in [3.05, 3.63) is 106 Å². The van der Waals surface area contributed by atoms with Crippen molar-refractivity contribution in [3.8, 4) is 16.8 Å². The molecule has 0 atom stereocenters. The summed E-state index contributed by atoms with van der Waals surface area (Å²) in [5.74, 6) is 0. The SMILES string of the molecule is Cc1ncc2c(=O)n(-c3ccc(Cl)cc3)[nH]c2c1-c1cccc(NCc2cccnc2)c1. The predicted molar refractivity (Wildman–Crippen MR) is 128 cm³/mol. The third-order valence-electron chi connectivity index (χ3n) is 5.38. The van der Waals surface area contributed by atoms with Crippen LogP contribution in [0.25, 0.3) is 27.7 Å². The fraction of sp³-hybridized carbons (Fsp3) is 0.0800. The normalized spacial score (nSPS) is 11.1. The maximum Gasteiger partial charge on any atom is 0.280 e. The van der Waals surface area contributed by atoms with Gasteiger partial charge in [-0.05, 0) is 60.5 Å². The number of benzene rings is 2. The highest BCUT2D eigenvalue weighted by Gasteiger charge is 2.16. The van der Waals surface area contributed by atoms with E-state index in [1.165, 1.54) is 4.68 Å². The number of rotatable bonds is 5. The van der Waals surface area contributed by atoms with E-state index >= 15 is 0 Å². The van der Waals surface area contributed by atoms with Gasteiger partial charge < -0.3 is 5.32 Å². The molecular weight excluding hydrogens is 422 g/mol. The molecule has 0 fully saturated rings. The minimum Gasteiger partial charge on any atom is -0.381 e. The Morgan fingerprint density at radius 2 is 1.91 bits per heavy atom. The molecule has 0 saturated heterocycles. The Labute approximate surface area is 189 Å². The second kappa shape index (κ2) is 8.32. The molecule has 0 spiro atoms. The predicted octanol–water partition coefficient (Wildman–Crippen LogP) is 5.35. The van der Waals surface area contributed by atoms with Gasteiger partial charge in [-0.25, -0.2) is 4.68 Å². The number of aryl methyl sites for hydroxylation is 1. The summed E-state index contributed by atoms with van der Waals surface area (Å²) in [5.41, 5.74) is 6.10. The van der Waals surface area contributed by atoms with E-state index in [9.17, 15) is 4.79 Å². The summed E-state index contributed by atoms with van der Waals surface area (Å²) in [4.78, 5) is 21.7. The number of aromatic amines is 1. The van der Waals surface area contributed by atoms with Crippen LogP contribution in [0, 0.1) is 6.92 Å². The average molecular weight is 442 g/mol. The Morgan fingerprint density at radius 1 is 1.06 bits per heavy atom. The van der Waals surface area contributed by atoms with Crippen LogP contribution in [0.5, 0.6) is 0 Å². The van der Waals surface area contributed by atoms with Crippen molar-refractivity contribution in [2.45, 2.75) is 13.5 Å². The molecule has 6 nitrogen and oxygen atoms in total. The Kier molecular flexibility index (Phi) is 5.21. The van der Waals surface area contributed by atoms with E-state index in [-0.39, 0.29) is 5.56 Å². The van der Waals surface area contributed by atoms with Crippen LogP contribution >= 0.6 is 11.6 Å². The Balaban J connectivity index is 1.57. The van der Waals surface area contributed by atoms with E-state index in [4.69, 9.17) is 11.6 Å². The molecule has 3 heterocycles. The van der Waals surface area contributed by atoms with Gasteiger partial charge in [0, 0.05) is 47.1 Å². The lowest BCUT2D eigenvalue weighted by Gasteiger charge is -2.11. The fourth-order valence-electron chi connectivity index (χ4n) is 3.78. The molecule has 32 heavy (non-hydrogen) atoms. The quantitative estimate of drug-likeness (QED) is 0.385. The molecule has 7 heteroatoms. The standard InChI is InChI=1S/C25H20ClN5O/c1-16-23(18-5-2-6-20(12-18)29-14-17-4-3-11-27-13-17)24-22(15-28-16)25(32)31(30-24)21-9-7-19(26)8-10-21/h2-13,15,29-30H,14H2,1H3. The van der Waals surface area contributed by atoms with Gasteiger partial charge in [0.1, 0.15) is 0 Å². The molecule has 0 aliphatic heterocycles. The highest BCUT2D eigenvalue weighted by atomic mass is 35.5. The molecule has 0 amide bonds. The molecule has 2 aromatic carbocycles. The molecule has 2 N–H and O–H groups in total. The zero-order chi connectivity index (χ0) is 22.1. The van der Waals surface area contributed by atoms with E-state index in [2.05, 4.69) is 26.4 Å². The maximum atomic E-state index is 13.1. The largest absolute Gasteiger partial charge is 0.381 e. The molecule has 0 saturated carbocycles. The molecule has 158 valence electrons. The van der Waals surface area contributed by atoms with Crippen LogP contribution < -0.4 is 10.9 Å². The van der Waals surface area contributed by atoms with E-state index < -0.39 is 0 Å². The van der Waals surface area contributed by atoms with Crippen LogP contribution in [-0.2, 0) is 6.54 Å². The number of hydrogen-bond acceptors (Lipinski definition) is 4. The summed E-state index contributed by atoms with van der Waals surface area (Å²) >= 11 is 6.01. The van der Waals surface area contributed by atoms with Gasteiger partial charge in [-0.1, -0.05) is 29.8 Å². The van der Waals surface area contributed by atoms with Crippen LogP contribution in [0.3, 0.4) is 0 Å². The first-order valence-electron chi connectivity index (χ1n) is 10.2. The lowest BCUT2D eigenvalue weighted by Crippen LogP contribution is -2.14. The second-order valence-corrected chi connectivity index (χ2v) is 7.97. The molecule has 3 aromatic heterocycles. The summed E-state index contributed by atoms with van der Waals surface area (Å²) < 4.78 is 1.52. The monoisotopic (exact) mass is 441 g/mol. The van der Waals surface area contributed by atoms with Crippen molar-refractivity contribution < 1.29 is 0 Å². The number of aromatic nitrogens is 4. The summed E-state index contributed by atoms with van der Waals surface area (Å²) in [5, 5.41) is 7.87. The zero-order valence-corrected chi connectivity index (χ0v) is 18.1. The minimum absolute atomic E-state index is 0.151. The van der Waals surface area contributed by atoms with Gasteiger partial charge >= 0.3 is 0 Å². The van der Waals surface area contributed by atoms with E-state index in [0.717, 1.165) is 33.6 Å².